The van der Waals surface area contributed by atoms with Gasteiger partial charge in [0.05, 0.1) is 33.1 Å². The molecule has 0 fully saturated rings. The third-order valence-electron chi connectivity index (χ3n) is 4.93. The highest BCUT2D eigenvalue weighted by atomic mass is 32.2. The van der Waals surface area contributed by atoms with Crippen molar-refractivity contribution in [2.24, 2.45) is 0 Å². The maximum absolute atomic E-state index is 14.7. The van der Waals surface area contributed by atoms with E-state index in [2.05, 4.69) is 0 Å². The van der Waals surface area contributed by atoms with Gasteiger partial charge in [-0.05, 0) is 29.8 Å². The molecule has 34 heavy (non-hydrogen) atoms. The summed E-state index contributed by atoms with van der Waals surface area (Å²) in [5.74, 6) is -9.72. The molecule has 6 nitrogen and oxygen atoms in total. The summed E-state index contributed by atoms with van der Waals surface area (Å²) in [6, 6.07) is 8.86. The lowest BCUT2D eigenvalue weighted by molar-refractivity contribution is 0.263. The summed E-state index contributed by atoms with van der Waals surface area (Å²) in [6.45, 7) is -2.01. The van der Waals surface area contributed by atoms with Crippen LogP contribution in [-0.4, -0.2) is 27.7 Å². The number of methoxy groups -OCH3 is 2. The van der Waals surface area contributed by atoms with Crippen LogP contribution in [0.5, 0.6) is 11.5 Å². The molecule has 0 saturated heterocycles. The quantitative estimate of drug-likeness (QED) is 0.282. The van der Waals surface area contributed by atoms with E-state index in [-0.39, 0.29) is 11.4 Å². The summed E-state index contributed by atoms with van der Waals surface area (Å²) in [5.41, 5.74) is -1.37. The van der Waals surface area contributed by atoms with E-state index in [0.717, 1.165) is 18.2 Å². The van der Waals surface area contributed by atoms with Gasteiger partial charge in [-0.3, -0.25) is 4.31 Å². The normalized spacial score (nSPS) is 11.4. The minimum Gasteiger partial charge on any atom is -0.497 e. The maximum Gasteiger partial charge on any atom is 0.268 e. The van der Waals surface area contributed by atoms with Gasteiger partial charge < -0.3 is 14.6 Å². The van der Waals surface area contributed by atoms with Crippen LogP contribution in [-0.2, 0) is 23.2 Å². The molecule has 0 amide bonds. The van der Waals surface area contributed by atoms with Crippen molar-refractivity contribution in [3.63, 3.8) is 0 Å². The number of ether oxygens (including phenoxy) is 2. The van der Waals surface area contributed by atoms with Crippen molar-refractivity contribution in [3.05, 3.63) is 82.7 Å². The molecule has 0 bridgehead atoms. The molecule has 0 atom stereocenters. The molecule has 0 aliphatic heterocycles. The Labute approximate surface area is 191 Å². The van der Waals surface area contributed by atoms with Crippen LogP contribution in [0.2, 0.25) is 0 Å². The second-order valence-corrected chi connectivity index (χ2v) is 8.70. The molecule has 0 aliphatic carbocycles. The summed E-state index contributed by atoms with van der Waals surface area (Å²) in [7, 11) is -2.64. The number of halogens is 5. The van der Waals surface area contributed by atoms with Gasteiger partial charge in [-0.15, -0.1) is 0 Å². The average molecular weight is 503 g/mol. The van der Waals surface area contributed by atoms with Crippen molar-refractivity contribution >= 4 is 15.7 Å². The van der Waals surface area contributed by atoms with Crippen LogP contribution in [0.15, 0.2) is 47.4 Å². The minimum atomic E-state index is -5.23. The van der Waals surface area contributed by atoms with Crippen molar-refractivity contribution in [3.8, 4) is 11.5 Å². The molecule has 3 aromatic rings. The van der Waals surface area contributed by atoms with Crippen LogP contribution >= 0.6 is 0 Å². The number of sulfonamides is 1. The SMILES string of the molecule is COc1ccc(CN(c2ccc(OC)c(F)c2)S(=O)(=O)c2c(F)c(F)c(F)c(F)c2CO)cc1. The van der Waals surface area contributed by atoms with E-state index in [1.165, 1.54) is 38.5 Å². The number of hydrogen-bond acceptors (Lipinski definition) is 5. The van der Waals surface area contributed by atoms with Gasteiger partial charge in [0.1, 0.15) is 10.6 Å². The van der Waals surface area contributed by atoms with Crippen LogP contribution in [0.25, 0.3) is 0 Å². The Morgan fingerprint density at radius 1 is 0.853 bits per heavy atom. The lowest BCUT2D eigenvalue weighted by Gasteiger charge is -2.26. The van der Waals surface area contributed by atoms with Crippen molar-refractivity contribution in [2.75, 3.05) is 18.5 Å². The molecule has 12 heteroatoms. The van der Waals surface area contributed by atoms with E-state index in [9.17, 15) is 35.5 Å². The molecule has 0 aliphatic rings. The van der Waals surface area contributed by atoms with E-state index < -0.39 is 62.7 Å². The number of hydrogen-bond donors (Lipinski definition) is 1. The summed E-state index contributed by atoms with van der Waals surface area (Å²) >= 11 is 0. The highest BCUT2D eigenvalue weighted by Crippen LogP contribution is 2.35. The monoisotopic (exact) mass is 503 g/mol. The minimum absolute atomic E-state index is 0.230. The number of aliphatic hydroxyl groups excluding tert-OH is 1. The largest absolute Gasteiger partial charge is 0.497 e. The standard InChI is InChI=1S/C22H18F5NO5S/c1-32-14-6-3-12(4-7-14)10-28(13-5-8-17(33-2)16(23)9-13)34(30,31)22-15(11-29)18(24)19(25)20(26)21(22)27/h3-9,29H,10-11H2,1-2H3. The first kappa shape index (κ1) is 25.2. The molecule has 0 unspecified atom stereocenters. The zero-order valence-electron chi connectivity index (χ0n) is 17.8. The fraction of sp³-hybridized carbons (Fsp3) is 0.182. The van der Waals surface area contributed by atoms with Gasteiger partial charge in [0, 0.05) is 11.6 Å². The predicted octanol–water partition coefficient (Wildman–Crippen LogP) is 4.29. The van der Waals surface area contributed by atoms with Gasteiger partial charge in [0.25, 0.3) is 10.0 Å². The van der Waals surface area contributed by atoms with Gasteiger partial charge in [-0.25, -0.2) is 30.4 Å². The van der Waals surface area contributed by atoms with Crippen molar-refractivity contribution in [2.45, 2.75) is 18.0 Å². The Bertz CT molecular complexity index is 1320. The first-order valence-electron chi connectivity index (χ1n) is 9.51. The highest BCUT2D eigenvalue weighted by molar-refractivity contribution is 7.92. The fourth-order valence-corrected chi connectivity index (χ4v) is 4.91. The van der Waals surface area contributed by atoms with E-state index >= 15 is 0 Å². The lowest BCUT2D eigenvalue weighted by Crippen LogP contribution is -2.33. The Kier molecular flexibility index (Phi) is 7.32. The topological polar surface area (TPSA) is 76.1 Å². The van der Waals surface area contributed by atoms with Gasteiger partial charge in [-0.1, -0.05) is 12.1 Å². The molecule has 3 rings (SSSR count). The Morgan fingerprint density at radius 2 is 1.47 bits per heavy atom. The third-order valence-corrected chi connectivity index (χ3v) is 6.79. The summed E-state index contributed by atoms with van der Waals surface area (Å²) in [4.78, 5) is -1.61. The van der Waals surface area contributed by atoms with Crippen molar-refractivity contribution in [1.29, 1.82) is 0 Å². The molecule has 0 aromatic heterocycles. The van der Waals surface area contributed by atoms with Crippen molar-refractivity contribution in [1.82, 2.24) is 0 Å². The zero-order chi connectivity index (χ0) is 25.2. The average Bonchev–Trinajstić information content (AvgIpc) is 2.83. The predicted molar refractivity (Wildman–Crippen MR) is 112 cm³/mol. The molecule has 0 spiro atoms. The first-order valence-corrected chi connectivity index (χ1v) is 11.0. The number of rotatable bonds is 8. The maximum atomic E-state index is 14.7. The summed E-state index contributed by atoms with van der Waals surface area (Å²) in [6.07, 6.45) is 0. The van der Waals surface area contributed by atoms with Gasteiger partial charge in [0.15, 0.2) is 34.8 Å². The smallest absolute Gasteiger partial charge is 0.268 e. The van der Waals surface area contributed by atoms with Crippen LogP contribution in [0.3, 0.4) is 0 Å². The molecular formula is C22H18F5NO5S. The van der Waals surface area contributed by atoms with E-state index in [0.29, 0.717) is 15.6 Å². The van der Waals surface area contributed by atoms with Gasteiger partial charge in [-0.2, -0.15) is 0 Å². The number of aliphatic hydroxyl groups is 1. The summed E-state index contributed by atoms with van der Waals surface area (Å²) in [5, 5.41) is 9.45. The Balaban J connectivity index is 2.26. The van der Waals surface area contributed by atoms with Crippen LogP contribution < -0.4 is 13.8 Å². The number of anilines is 1. The number of benzene rings is 3. The molecule has 182 valence electrons. The van der Waals surface area contributed by atoms with Crippen LogP contribution in [0.4, 0.5) is 27.6 Å². The second-order valence-electron chi connectivity index (χ2n) is 6.90. The molecule has 0 radical (unpaired) electrons. The zero-order valence-corrected chi connectivity index (χ0v) is 18.6. The molecule has 3 aromatic carbocycles. The van der Waals surface area contributed by atoms with Crippen molar-refractivity contribution < 1.29 is 45.0 Å². The Morgan fingerprint density at radius 3 is 2.00 bits per heavy atom. The first-order chi connectivity index (χ1) is 16.1. The molecule has 1 N–H and O–H groups in total. The van der Waals surface area contributed by atoms with Gasteiger partial charge in [0.2, 0.25) is 0 Å². The molecular weight excluding hydrogens is 485 g/mol. The lowest BCUT2D eigenvalue weighted by atomic mass is 10.2. The van der Waals surface area contributed by atoms with Gasteiger partial charge >= 0.3 is 0 Å². The number of nitrogens with zero attached hydrogens (tertiary/aromatic N) is 1. The highest BCUT2D eigenvalue weighted by Gasteiger charge is 2.37. The Hall–Kier alpha value is -3.38. The van der Waals surface area contributed by atoms with E-state index in [1.807, 2.05) is 0 Å². The van der Waals surface area contributed by atoms with E-state index in [1.54, 1.807) is 0 Å². The second kappa shape index (κ2) is 9.85. The molecule has 0 heterocycles. The fourth-order valence-electron chi connectivity index (χ4n) is 3.20. The summed E-state index contributed by atoms with van der Waals surface area (Å²) < 4.78 is 108. The van der Waals surface area contributed by atoms with Crippen LogP contribution in [0.1, 0.15) is 11.1 Å². The third kappa shape index (κ3) is 4.50. The van der Waals surface area contributed by atoms with Crippen LogP contribution in [0, 0.1) is 29.1 Å². The molecule has 0 saturated carbocycles. The van der Waals surface area contributed by atoms with E-state index in [4.69, 9.17) is 9.47 Å².